The molecular weight excluding hydrogens is 452 g/mol. The lowest BCUT2D eigenvalue weighted by atomic mass is 10.0. The summed E-state index contributed by atoms with van der Waals surface area (Å²) < 4.78 is 12.4. The number of ether oxygens (including phenoxy) is 2. The molecule has 0 unspecified atom stereocenters. The van der Waals surface area contributed by atoms with E-state index in [-0.39, 0.29) is 18.0 Å². The summed E-state index contributed by atoms with van der Waals surface area (Å²) in [6, 6.07) is 23.2. The Morgan fingerprint density at radius 1 is 0.861 bits per heavy atom. The molecule has 0 radical (unpaired) electrons. The molecular formula is C30H32N2O4. The third-order valence-electron chi connectivity index (χ3n) is 6.24. The Labute approximate surface area is 211 Å². The maximum absolute atomic E-state index is 13.5. The monoisotopic (exact) mass is 484 g/mol. The van der Waals surface area contributed by atoms with Gasteiger partial charge in [-0.25, -0.2) is 0 Å². The highest BCUT2D eigenvalue weighted by Crippen LogP contribution is 2.22. The highest BCUT2D eigenvalue weighted by molar-refractivity contribution is 5.92. The summed E-state index contributed by atoms with van der Waals surface area (Å²) in [4.78, 5) is 26.5. The van der Waals surface area contributed by atoms with Crippen molar-refractivity contribution in [3.8, 4) is 11.5 Å². The lowest BCUT2D eigenvalue weighted by molar-refractivity contribution is -0.116. The molecule has 0 aliphatic rings. The Morgan fingerprint density at radius 3 is 2.22 bits per heavy atom. The van der Waals surface area contributed by atoms with E-state index in [0.717, 1.165) is 24.0 Å². The van der Waals surface area contributed by atoms with E-state index in [9.17, 15) is 9.59 Å². The number of aromatic nitrogens is 1. The van der Waals surface area contributed by atoms with Gasteiger partial charge in [-0.2, -0.15) is 0 Å². The van der Waals surface area contributed by atoms with E-state index in [4.69, 9.17) is 9.47 Å². The number of fused-ring (bicyclic) bond motifs is 1. The third kappa shape index (κ3) is 5.95. The largest absolute Gasteiger partial charge is 0.497 e. The molecule has 3 aromatic carbocycles. The van der Waals surface area contributed by atoms with Crippen molar-refractivity contribution in [2.24, 2.45) is 0 Å². The van der Waals surface area contributed by atoms with Crippen molar-refractivity contribution in [3.63, 3.8) is 0 Å². The van der Waals surface area contributed by atoms with Crippen molar-refractivity contribution in [2.45, 2.75) is 39.7 Å². The molecule has 0 spiro atoms. The average molecular weight is 485 g/mol. The van der Waals surface area contributed by atoms with Crippen LogP contribution in [0.4, 0.5) is 5.69 Å². The number of carbonyl (C=O) groups is 1. The fourth-order valence-electron chi connectivity index (χ4n) is 4.24. The number of amides is 1. The number of aryl methyl sites for hydroxylation is 3. The molecule has 1 N–H and O–H groups in total. The zero-order chi connectivity index (χ0) is 25.5. The highest BCUT2D eigenvalue weighted by atomic mass is 16.5. The van der Waals surface area contributed by atoms with Gasteiger partial charge in [0.15, 0.2) is 0 Å². The maximum Gasteiger partial charge on any atom is 0.254 e. The van der Waals surface area contributed by atoms with E-state index in [0.29, 0.717) is 35.5 Å². The minimum Gasteiger partial charge on any atom is -0.497 e. The van der Waals surface area contributed by atoms with Crippen LogP contribution >= 0.6 is 0 Å². The SMILES string of the molecule is CCOc1ccc(NC(=O)Cn2c(=O)c(CCc3ccc(CC)cc3)cc3ccc(OC)cc32)cc1. The number of nitrogens with one attached hydrogen (secondary N) is 1. The number of anilines is 1. The Kier molecular flexibility index (Phi) is 8.06. The minimum absolute atomic E-state index is 0.102. The van der Waals surface area contributed by atoms with Gasteiger partial charge in [0.05, 0.1) is 19.2 Å². The summed E-state index contributed by atoms with van der Waals surface area (Å²) in [5.41, 5.74) is 4.30. The minimum atomic E-state index is -0.280. The summed E-state index contributed by atoms with van der Waals surface area (Å²) in [5.74, 6) is 1.09. The molecule has 0 aliphatic carbocycles. The summed E-state index contributed by atoms with van der Waals surface area (Å²) in [5, 5.41) is 3.77. The molecule has 0 fully saturated rings. The molecule has 6 nitrogen and oxygen atoms in total. The fraction of sp³-hybridized carbons (Fsp3) is 0.267. The summed E-state index contributed by atoms with van der Waals surface area (Å²) in [6.45, 7) is 4.52. The standard InChI is InChI=1S/C30H32N2O4/c1-4-21-6-8-22(9-7-21)10-11-24-18-23-12-15-27(35-3)19-28(23)32(30(24)34)20-29(33)31-25-13-16-26(17-14-25)36-5-2/h6-9,12-19H,4-5,10-11,20H2,1-3H3,(H,31,33). The number of hydrogen-bond acceptors (Lipinski definition) is 4. The quantitative estimate of drug-likeness (QED) is 0.327. The molecule has 1 heterocycles. The first-order chi connectivity index (χ1) is 17.5. The summed E-state index contributed by atoms with van der Waals surface area (Å²) >= 11 is 0. The van der Waals surface area contributed by atoms with Crippen LogP contribution in [0.1, 0.15) is 30.5 Å². The Morgan fingerprint density at radius 2 is 1.56 bits per heavy atom. The predicted molar refractivity (Wildman–Crippen MR) is 144 cm³/mol. The fourth-order valence-corrected chi connectivity index (χ4v) is 4.24. The molecule has 0 aliphatic heterocycles. The topological polar surface area (TPSA) is 69.6 Å². The molecule has 0 atom stereocenters. The van der Waals surface area contributed by atoms with Crippen LogP contribution in [0.2, 0.25) is 0 Å². The van der Waals surface area contributed by atoms with Gasteiger partial charge in [-0.15, -0.1) is 0 Å². The number of methoxy groups -OCH3 is 1. The number of pyridine rings is 1. The lowest BCUT2D eigenvalue weighted by Crippen LogP contribution is -2.30. The Hall–Kier alpha value is -4.06. The molecule has 1 amide bonds. The molecule has 1 aromatic heterocycles. The first-order valence-electron chi connectivity index (χ1n) is 12.3. The van der Waals surface area contributed by atoms with Crippen molar-refractivity contribution < 1.29 is 14.3 Å². The second-order valence-electron chi connectivity index (χ2n) is 8.66. The second kappa shape index (κ2) is 11.6. The van der Waals surface area contributed by atoms with Gasteiger partial charge < -0.3 is 14.8 Å². The summed E-state index contributed by atoms with van der Waals surface area (Å²) in [7, 11) is 1.58. The first-order valence-corrected chi connectivity index (χ1v) is 12.3. The van der Waals surface area contributed by atoms with Crippen molar-refractivity contribution >= 4 is 22.5 Å². The van der Waals surface area contributed by atoms with E-state index in [1.807, 2.05) is 25.1 Å². The smallest absolute Gasteiger partial charge is 0.254 e. The Balaban J connectivity index is 1.60. The van der Waals surface area contributed by atoms with E-state index >= 15 is 0 Å². The van der Waals surface area contributed by atoms with Gasteiger partial charge in [0.25, 0.3) is 5.56 Å². The molecule has 186 valence electrons. The van der Waals surface area contributed by atoms with Crippen LogP contribution in [-0.2, 0) is 30.6 Å². The van der Waals surface area contributed by atoms with E-state index in [2.05, 4.69) is 36.5 Å². The normalized spacial score (nSPS) is 10.9. The Bertz CT molecular complexity index is 1390. The number of carbonyl (C=O) groups excluding carboxylic acids is 1. The zero-order valence-electron chi connectivity index (χ0n) is 21.0. The van der Waals surface area contributed by atoms with Crippen molar-refractivity contribution in [2.75, 3.05) is 19.0 Å². The van der Waals surface area contributed by atoms with Crippen molar-refractivity contribution in [1.82, 2.24) is 4.57 Å². The van der Waals surface area contributed by atoms with Gasteiger partial charge in [0, 0.05) is 17.3 Å². The number of benzene rings is 3. The van der Waals surface area contributed by atoms with Crippen LogP contribution in [0, 0.1) is 0 Å². The van der Waals surface area contributed by atoms with Crippen LogP contribution in [0.3, 0.4) is 0 Å². The molecule has 6 heteroatoms. The molecule has 4 aromatic rings. The van der Waals surface area contributed by atoms with Crippen LogP contribution < -0.4 is 20.3 Å². The third-order valence-corrected chi connectivity index (χ3v) is 6.24. The molecule has 0 saturated heterocycles. The van der Waals surface area contributed by atoms with E-state index in [1.54, 1.807) is 37.4 Å². The first kappa shape index (κ1) is 25.0. The van der Waals surface area contributed by atoms with Gasteiger partial charge in [-0.05, 0) is 85.2 Å². The highest BCUT2D eigenvalue weighted by Gasteiger charge is 2.14. The molecule has 0 saturated carbocycles. The van der Waals surface area contributed by atoms with Gasteiger partial charge in [0.1, 0.15) is 18.0 Å². The molecule has 4 rings (SSSR count). The van der Waals surface area contributed by atoms with E-state index < -0.39 is 0 Å². The molecule has 0 bridgehead atoms. The second-order valence-corrected chi connectivity index (χ2v) is 8.66. The summed E-state index contributed by atoms with van der Waals surface area (Å²) in [6.07, 6.45) is 2.34. The number of nitrogens with zero attached hydrogens (tertiary/aromatic N) is 1. The van der Waals surface area contributed by atoms with Crippen molar-refractivity contribution in [1.29, 1.82) is 0 Å². The van der Waals surface area contributed by atoms with Crippen LogP contribution in [0.25, 0.3) is 10.9 Å². The zero-order valence-corrected chi connectivity index (χ0v) is 21.0. The van der Waals surface area contributed by atoms with Crippen LogP contribution in [0.5, 0.6) is 11.5 Å². The predicted octanol–water partition coefficient (Wildman–Crippen LogP) is 5.40. The van der Waals surface area contributed by atoms with Gasteiger partial charge >= 0.3 is 0 Å². The number of hydrogen-bond donors (Lipinski definition) is 1. The van der Waals surface area contributed by atoms with Gasteiger partial charge in [-0.3, -0.25) is 14.2 Å². The van der Waals surface area contributed by atoms with Gasteiger partial charge in [-0.1, -0.05) is 31.2 Å². The van der Waals surface area contributed by atoms with Crippen LogP contribution in [-0.4, -0.2) is 24.2 Å². The maximum atomic E-state index is 13.5. The number of rotatable bonds is 10. The average Bonchev–Trinajstić information content (AvgIpc) is 2.90. The van der Waals surface area contributed by atoms with Gasteiger partial charge in [0.2, 0.25) is 5.91 Å². The van der Waals surface area contributed by atoms with Crippen molar-refractivity contribution in [3.05, 3.63) is 99.8 Å². The van der Waals surface area contributed by atoms with E-state index in [1.165, 1.54) is 15.7 Å². The van der Waals surface area contributed by atoms with Crippen LogP contribution in [0.15, 0.2) is 77.6 Å². The molecule has 36 heavy (non-hydrogen) atoms. The lowest BCUT2D eigenvalue weighted by Gasteiger charge is -2.14.